The number of hydrogen-bond acceptors (Lipinski definition) is 4. The van der Waals surface area contributed by atoms with Crippen molar-refractivity contribution in [1.29, 1.82) is 0 Å². The zero-order chi connectivity index (χ0) is 18.5. The van der Waals surface area contributed by atoms with Gasteiger partial charge in [-0.3, -0.25) is 9.59 Å². The SMILES string of the molecule is CC(Cc1ccsc1)NC(=O)C1=NN(Cc2ccc(F)cc2)C(=O)CC1. The molecule has 136 valence electrons. The first kappa shape index (κ1) is 18.3. The van der Waals surface area contributed by atoms with Gasteiger partial charge in [-0.2, -0.15) is 16.4 Å². The number of hydrogen-bond donors (Lipinski definition) is 1. The van der Waals surface area contributed by atoms with Crippen LogP contribution in [0.25, 0.3) is 0 Å². The van der Waals surface area contributed by atoms with Gasteiger partial charge >= 0.3 is 0 Å². The van der Waals surface area contributed by atoms with Gasteiger partial charge in [0.05, 0.1) is 6.54 Å². The number of carbonyl (C=O) groups is 2. The molecule has 5 nitrogen and oxygen atoms in total. The van der Waals surface area contributed by atoms with E-state index >= 15 is 0 Å². The lowest BCUT2D eigenvalue weighted by atomic mass is 10.1. The van der Waals surface area contributed by atoms with Gasteiger partial charge in [-0.05, 0) is 53.4 Å². The van der Waals surface area contributed by atoms with Crippen LogP contribution in [0.2, 0.25) is 0 Å². The van der Waals surface area contributed by atoms with Crippen LogP contribution < -0.4 is 5.32 Å². The van der Waals surface area contributed by atoms with Gasteiger partial charge in [-0.25, -0.2) is 9.40 Å². The van der Waals surface area contributed by atoms with Crippen molar-refractivity contribution in [2.24, 2.45) is 5.10 Å². The van der Waals surface area contributed by atoms with E-state index in [0.717, 1.165) is 12.0 Å². The highest BCUT2D eigenvalue weighted by atomic mass is 32.1. The summed E-state index contributed by atoms with van der Waals surface area (Å²) in [5.74, 6) is -0.719. The van der Waals surface area contributed by atoms with Gasteiger partial charge in [0.2, 0.25) is 5.91 Å². The molecule has 1 aliphatic rings. The van der Waals surface area contributed by atoms with Gasteiger partial charge in [0.25, 0.3) is 5.91 Å². The standard InChI is InChI=1S/C19H20FN3O2S/c1-13(10-15-8-9-26-12-15)21-19(25)17-6-7-18(24)23(22-17)11-14-2-4-16(20)5-3-14/h2-5,8-9,12-13H,6-7,10-11H2,1H3,(H,21,25). The molecular weight excluding hydrogens is 353 g/mol. The quantitative estimate of drug-likeness (QED) is 0.846. The number of amides is 2. The fourth-order valence-electron chi connectivity index (χ4n) is 2.77. The van der Waals surface area contributed by atoms with Gasteiger partial charge in [-0.1, -0.05) is 12.1 Å². The van der Waals surface area contributed by atoms with Crippen LogP contribution in [0.15, 0.2) is 46.2 Å². The van der Waals surface area contributed by atoms with E-state index in [0.29, 0.717) is 12.1 Å². The van der Waals surface area contributed by atoms with E-state index < -0.39 is 0 Å². The van der Waals surface area contributed by atoms with Crippen LogP contribution in [0.3, 0.4) is 0 Å². The van der Waals surface area contributed by atoms with E-state index in [1.807, 2.05) is 18.4 Å². The molecule has 1 unspecified atom stereocenters. The molecule has 3 rings (SSSR count). The molecule has 1 atom stereocenters. The molecule has 1 aromatic heterocycles. The maximum Gasteiger partial charge on any atom is 0.267 e. The molecule has 0 aliphatic carbocycles. The number of hydrazone groups is 1. The van der Waals surface area contributed by atoms with Crippen LogP contribution in [-0.4, -0.2) is 28.6 Å². The maximum absolute atomic E-state index is 13.0. The highest BCUT2D eigenvalue weighted by Crippen LogP contribution is 2.15. The van der Waals surface area contributed by atoms with Crippen LogP contribution in [-0.2, 0) is 22.6 Å². The average Bonchev–Trinajstić information content (AvgIpc) is 3.11. The summed E-state index contributed by atoms with van der Waals surface area (Å²) in [5.41, 5.74) is 2.29. The molecule has 0 fully saturated rings. The number of rotatable bonds is 6. The Bertz CT molecular complexity index is 803. The minimum atomic E-state index is -0.332. The van der Waals surface area contributed by atoms with E-state index in [2.05, 4.69) is 15.8 Å². The Kier molecular flexibility index (Phi) is 5.78. The van der Waals surface area contributed by atoms with Crippen molar-refractivity contribution in [2.45, 2.75) is 38.8 Å². The van der Waals surface area contributed by atoms with Gasteiger partial charge in [0, 0.05) is 18.9 Å². The van der Waals surface area contributed by atoms with Gasteiger partial charge < -0.3 is 5.32 Å². The summed E-state index contributed by atoms with van der Waals surface area (Å²) in [7, 11) is 0. The van der Waals surface area contributed by atoms with Crippen LogP contribution in [0.1, 0.15) is 30.9 Å². The summed E-state index contributed by atoms with van der Waals surface area (Å²) in [6.07, 6.45) is 1.32. The predicted octanol–water partition coefficient (Wildman–Crippen LogP) is 3.11. The zero-order valence-electron chi connectivity index (χ0n) is 14.4. The van der Waals surface area contributed by atoms with Crippen molar-refractivity contribution < 1.29 is 14.0 Å². The first-order chi connectivity index (χ1) is 12.5. The largest absolute Gasteiger partial charge is 0.348 e. The lowest BCUT2D eigenvalue weighted by molar-refractivity contribution is -0.132. The molecule has 1 N–H and O–H groups in total. The van der Waals surface area contributed by atoms with E-state index in [9.17, 15) is 14.0 Å². The smallest absolute Gasteiger partial charge is 0.267 e. The molecule has 2 amide bonds. The summed E-state index contributed by atoms with van der Waals surface area (Å²) in [4.78, 5) is 24.5. The van der Waals surface area contributed by atoms with Crippen molar-refractivity contribution >= 4 is 28.9 Å². The Labute approximate surface area is 155 Å². The number of nitrogens with zero attached hydrogens (tertiary/aromatic N) is 2. The number of nitrogens with one attached hydrogen (secondary N) is 1. The molecular formula is C19H20FN3O2S. The van der Waals surface area contributed by atoms with Crippen LogP contribution >= 0.6 is 11.3 Å². The van der Waals surface area contributed by atoms with Crippen LogP contribution in [0.5, 0.6) is 0 Å². The maximum atomic E-state index is 13.0. The lowest BCUT2D eigenvalue weighted by Gasteiger charge is -2.24. The second-order valence-electron chi connectivity index (χ2n) is 6.33. The van der Waals surface area contributed by atoms with Gasteiger partial charge in [0.1, 0.15) is 11.5 Å². The molecule has 0 saturated heterocycles. The van der Waals surface area contributed by atoms with Crippen LogP contribution in [0, 0.1) is 5.82 Å². The van der Waals surface area contributed by atoms with Crippen molar-refractivity contribution in [1.82, 2.24) is 10.3 Å². The fourth-order valence-corrected chi connectivity index (χ4v) is 3.45. The highest BCUT2D eigenvalue weighted by Gasteiger charge is 2.25. The van der Waals surface area contributed by atoms with E-state index in [1.165, 1.54) is 22.7 Å². The average molecular weight is 373 g/mol. The molecule has 26 heavy (non-hydrogen) atoms. The molecule has 1 aliphatic heterocycles. The number of carbonyl (C=O) groups excluding carboxylic acids is 2. The van der Waals surface area contributed by atoms with E-state index in [-0.39, 0.29) is 36.6 Å². The molecule has 1 aromatic carbocycles. The normalized spacial score (nSPS) is 15.5. The third kappa shape index (κ3) is 4.76. The third-order valence-corrected chi connectivity index (χ3v) is 4.84. The molecule has 0 radical (unpaired) electrons. The summed E-state index contributed by atoms with van der Waals surface area (Å²) >= 11 is 1.63. The molecule has 0 spiro atoms. The Morgan fingerprint density at radius 2 is 2.04 bits per heavy atom. The summed E-state index contributed by atoms with van der Waals surface area (Å²) in [6, 6.07) is 7.91. The molecule has 0 bridgehead atoms. The molecule has 0 saturated carbocycles. The summed E-state index contributed by atoms with van der Waals surface area (Å²) < 4.78 is 13.0. The van der Waals surface area contributed by atoms with E-state index in [4.69, 9.17) is 0 Å². The minimum absolute atomic E-state index is 0.0250. The first-order valence-electron chi connectivity index (χ1n) is 8.45. The first-order valence-corrected chi connectivity index (χ1v) is 9.40. The summed E-state index contributed by atoms with van der Waals surface area (Å²) in [5, 5.41) is 12.5. The molecule has 7 heteroatoms. The second kappa shape index (κ2) is 8.23. The van der Waals surface area contributed by atoms with Crippen molar-refractivity contribution in [3.05, 3.63) is 58.0 Å². The van der Waals surface area contributed by atoms with Gasteiger partial charge in [0.15, 0.2) is 0 Å². The number of thiophene rings is 1. The highest BCUT2D eigenvalue weighted by molar-refractivity contribution is 7.07. The van der Waals surface area contributed by atoms with E-state index in [1.54, 1.807) is 23.5 Å². The Balaban J connectivity index is 1.63. The Morgan fingerprint density at radius 3 is 2.73 bits per heavy atom. The van der Waals surface area contributed by atoms with Crippen molar-refractivity contribution in [2.75, 3.05) is 0 Å². The third-order valence-electron chi connectivity index (χ3n) is 4.11. The Morgan fingerprint density at radius 1 is 1.27 bits per heavy atom. The molecule has 2 heterocycles. The Hall–Kier alpha value is -2.54. The second-order valence-corrected chi connectivity index (χ2v) is 7.11. The molecule has 2 aromatic rings. The van der Waals surface area contributed by atoms with Crippen molar-refractivity contribution in [3.63, 3.8) is 0 Å². The minimum Gasteiger partial charge on any atom is -0.348 e. The number of benzene rings is 1. The number of halogens is 1. The predicted molar refractivity (Wildman–Crippen MR) is 99.2 cm³/mol. The lowest BCUT2D eigenvalue weighted by Crippen LogP contribution is -2.42. The topological polar surface area (TPSA) is 61.8 Å². The fraction of sp³-hybridized carbons (Fsp3) is 0.316. The summed E-state index contributed by atoms with van der Waals surface area (Å²) in [6.45, 7) is 2.17. The monoisotopic (exact) mass is 373 g/mol. The zero-order valence-corrected chi connectivity index (χ0v) is 15.3. The van der Waals surface area contributed by atoms with Crippen molar-refractivity contribution in [3.8, 4) is 0 Å². The van der Waals surface area contributed by atoms with Gasteiger partial charge in [-0.15, -0.1) is 0 Å². The van der Waals surface area contributed by atoms with Crippen LogP contribution in [0.4, 0.5) is 4.39 Å².